The highest BCUT2D eigenvalue weighted by Crippen LogP contribution is 2.37. The fourth-order valence-corrected chi connectivity index (χ4v) is 1.95. The van der Waals surface area contributed by atoms with Crippen molar-refractivity contribution in [3.8, 4) is 16.9 Å². The smallest absolute Gasteiger partial charge is 0.229 e. The number of hydrogen-bond donors (Lipinski definition) is 1. The number of nitrogens with zero attached hydrogens (tertiary/aromatic N) is 1. The summed E-state index contributed by atoms with van der Waals surface area (Å²) in [6.45, 7) is 5.43. The molecule has 1 aromatic carbocycles. The number of nitrogens with one attached hydrogen (secondary N) is 1. The van der Waals surface area contributed by atoms with Crippen LogP contribution in [0.3, 0.4) is 0 Å². The molecule has 0 aliphatic rings. The van der Waals surface area contributed by atoms with Crippen LogP contribution in [0.5, 0.6) is 5.75 Å². The summed E-state index contributed by atoms with van der Waals surface area (Å²) in [5.41, 5.74) is 0.791. The second-order valence-electron chi connectivity index (χ2n) is 5.94. The van der Waals surface area contributed by atoms with Gasteiger partial charge in [-0.25, -0.2) is 4.39 Å². The van der Waals surface area contributed by atoms with Crippen LogP contribution in [-0.2, 0) is 4.79 Å². The van der Waals surface area contributed by atoms with Crippen molar-refractivity contribution in [2.75, 3.05) is 12.4 Å². The van der Waals surface area contributed by atoms with E-state index < -0.39 is 11.2 Å². The Morgan fingerprint density at radius 3 is 2.55 bits per heavy atom. The lowest BCUT2D eigenvalue weighted by Gasteiger charge is -2.21. The van der Waals surface area contributed by atoms with Gasteiger partial charge < -0.3 is 10.1 Å². The number of aromatic nitrogens is 1. The van der Waals surface area contributed by atoms with Gasteiger partial charge in [-0.05, 0) is 12.1 Å². The van der Waals surface area contributed by atoms with Crippen molar-refractivity contribution in [3.63, 3.8) is 0 Å². The normalized spacial score (nSPS) is 11.1. The average Bonchev–Trinajstić information content (AvgIpc) is 2.47. The Morgan fingerprint density at radius 1 is 1.23 bits per heavy atom. The number of anilines is 1. The molecule has 1 heterocycles. The van der Waals surface area contributed by atoms with E-state index in [-0.39, 0.29) is 5.91 Å². The van der Waals surface area contributed by atoms with E-state index in [2.05, 4.69) is 10.3 Å². The predicted octanol–water partition coefficient (Wildman–Crippen LogP) is 3.88. The Bertz CT molecular complexity index is 693. The zero-order valence-electron chi connectivity index (χ0n) is 13.1. The third kappa shape index (κ3) is 3.24. The van der Waals surface area contributed by atoms with Crippen LogP contribution in [0, 0.1) is 11.2 Å². The molecule has 2 rings (SSSR count). The van der Waals surface area contributed by atoms with E-state index >= 15 is 0 Å². The van der Waals surface area contributed by atoms with E-state index in [1.165, 1.54) is 13.3 Å². The Labute approximate surface area is 129 Å². The number of amides is 1. The van der Waals surface area contributed by atoms with Crippen LogP contribution in [0.4, 0.5) is 10.1 Å². The molecule has 2 aromatic rings. The van der Waals surface area contributed by atoms with Crippen LogP contribution >= 0.6 is 0 Å². The number of carbonyl (C=O) groups excluding carboxylic acids is 1. The van der Waals surface area contributed by atoms with Gasteiger partial charge in [0.05, 0.1) is 19.0 Å². The van der Waals surface area contributed by atoms with Crippen molar-refractivity contribution >= 4 is 11.6 Å². The number of methoxy groups -OCH3 is 1. The summed E-state index contributed by atoms with van der Waals surface area (Å²) in [4.78, 5) is 16.0. The van der Waals surface area contributed by atoms with Crippen molar-refractivity contribution in [1.82, 2.24) is 4.98 Å². The SMILES string of the molecule is COc1cccc(-c2ccncc2F)c1NC(=O)C(C)(C)C. The molecule has 5 heteroatoms. The van der Waals surface area contributed by atoms with E-state index in [4.69, 9.17) is 4.74 Å². The molecule has 1 amide bonds. The van der Waals surface area contributed by atoms with Crippen molar-refractivity contribution < 1.29 is 13.9 Å². The molecule has 116 valence electrons. The minimum Gasteiger partial charge on any atom is -0.495 e. The van der Waals surface area contributed by atoms with Crippen LogP contribution in [0.1, 0.15) is 20.8 Å². The summed E-state index contributed by atoms with van der Waals surface area (Å²) in [6.07, 6.45) is 2.65. The number of pyridine rings is 1. The summed E-state index contributed by atoms with van der Waals surface area (Å²) in [5.74, 6) is -0.152. The predicted molar refractivity (Wildman–Crippen MR) is 84.3 cm³/mol. The molecule has 0 unspecified atom stereocenters. The van der Waals surface area contributed by atoms with Crippen LogP contribution < -0.4 is 10.1 Å². The fourth-order valence-electron chi connectivity index (χ4n) is 1.95. The summed E-state index contributed by atoms with van der Waals surface area (Å²) in [5, 5.41) is 2.84. The fraction of sp³-hybridized carbons (Fsp3) is 0.294. The molecule has 22 heavy (non-hydrogen) atoms. The number of ether oxygens (including phenoxy) is 1. The van der Waals surface area contributed by atoms with Crippen LogP contribution in [0.25, 0.3) is 11.1 Å². The van der Waals surface area contributed by atoms with Gasteiger partial charge in [0.1, 0.15) is 11.6 Å². The van der Waals surface area contributed by atoms with E-state index in [1.54, 1.807) is 24.3 Å². The Hall–Kier alpha value is -2.43. The Morgan fingerprint density at radius 2 is 1.95 bits per heavy atom. The van der Waals surface area contributed by atoms with Gasteiger partial charge in [-0.15, -0.1) is 0 Å². The summed E-state index contributed by atoms with van der Waals surface area (Å²) in [7, 11) is 1.51. The number of carbonyl (C=O) groups is 1. The second kappa shape index (κ2) is 6.13. The average molecular weight is 302 g/mol. The maximum Gasteiger partial charge on any atom is 0.229 e. The van der Waals surface area contributed by atoms with E-state index in [0.717, 1.165) is 6.20 Å². The molecule has 0 aliphatic carbocycles. The molecular formula is C17H19FN2O2. The van der Waals surface area contributed by atoms with Crippen LogP contribution in [0.15, 0.2) is 36.7 Å². The van der Waals surface area contributed by atoms with E-state index in [1.807, 2.05) is 20.8 Å². The molecule has 0 spiro atoms. The lowest BCUT2D eigenvalue weighted by molar-refractivity contribution is -0.123. The zero-order valence-corrected chi connectivity index (χ0v) is 13.1. The molecule has 0 fully saturated rings. The van der Waals surface area contributed by atoms with E-state index in [9.17, 15) is 9.18 Å². The van der Waals surface area contributed by atoms with Crippen molar-refractivity contribution in [3.05, 3.63) is 42.5 Å². The Kier molecular flexibility index (Phi) is 4.45. The third-order valence-electron chi connectivity index (χ3n) is 3.23. The highest BCUT2D eigenvalue weighted by atomic mass is 19.1. The quantitative estimate of drug-likeness (QED) is 0.936. The Balaban J connectivity index is 2.56. The number of halogens is 1. The molecule has 0 bridgehead atoms. The van der Waals surface area contributed by atoms with E-state index in [0.29, 0.717) is 22.6 Å². The minimum atomic E-state index is -0.574. The van der Waals surface area contributed by atoms with Crippen molar-refractivity contribution in [2.45, 2.75) is 20.8 Å². The van der Waals surface area contributed by atoms with Crippen LogP contribution in [0.2, 0.25) is 0 Å². The highest BCUT2D eigenvalue weighted by Gasteiger charge is 2.24. The molecule has 0 saturated carbocycles. The summed E-state index contributed by atoms with van der Waals surface area (Å²) in [6, 6.07) is 6.78. The first-order valence-electron chi connectivity index (χ1n) is 6.93. The summed E-state index contributed by atoms with van der Waals surface area (Å²) >= 11 is 0. The first kappa shape index (κ1) is 15.9. The summed E-state index contributed by atoms with van der Waals surface area (Å²) < 4.78 is 19.4. The maximum absolute atomic E-state index is 14.0. The maximum atomic E-state index is 14.0. The number of benzene rings is 1. The van der Waals surface area contributed by atoms with Gasteiger partial charge in [-0.2, -0.15) is 0 Å². The lowest BCUT2D eigenvalue weighted by Crippen LogP contribution is -2.28. The van der Waals surface area contributed by atoms with Gasteiger partial charge in [0.25, 0.3) is 0 Å². The molecule has 1 aromatic heterocycles. The second-order valence-corrected chi connectivity index (χ2v) is 5.94. The first-order valence-corrected chi connectivity index (χ1v) is 6.93. The number of para-hydroxylation sites is 1. The lowest BCUT2D eigenvalue weighted by atomic mass is 9.95. The van der Waals surface area contributed by atoms with Crippen molar-refractivity contribution in [2.24, 2.45) is 5.41 Å². The van der Waals surface area contributed by atoms with Gasteiger partial charge in [-0.3, -0.25) is 9.78 Å². The molecule has 0 atom stereocenters. The molecule has 1 N–H and O–H groups in total. The topological polar surface area (TPSA) is 51.2 Å². The standard InChI is InChI=1S/C17H19FN2O2/c1-17(2,3)16(21)20-15-12(6-5-7-14(15)22-4)11-8-9-19-10-13(11)18/h5-10H,1-4H3,(H,20,21). The van der Waals surface area contributed by atoms with Gasteiger partial charge in [0.2, 0.25) is 5.91 Å². The third-order valence-corrected chi connectivity index (χ3v) is 3.23. The van der Waals surface area contributed by atoms with Gasteiger partial charge in [-0.1, -0.05) is 32.9 Å². The van der Waals surface area contributed by atoms with Gasteiger partial charge in [0, 0.05) is 22.7 Å². The number of rotatable bonds is 3. The molecule has 0 aliphatic heterocycles. The molecule has 4 nitrogen and oxygen atoms in total. The van der Waals surface area contributed by atoms with Crippen molar-refractivity contribution in [1.29, 1.82) is 0 Å². The number of hydrogen-bond acceptors (Lipinski definition) is 3. The molecule has 0 radical (unpaired) electrons. The zero-order chi connectivity index (χ0) is 16.3. The minimum absolute atomic E-state index is 0.173. The van der Waals surface area contributed by atoms with Gasteiger partial charge in [0.15, 0.2) is 0 Å². The largest absolute Gasteiger partial charge is 0.495 e. The molecular weight excluding hydrogens is 283 g/mol. The van der Waals surface area contributed by atoms with Crippen LogP contribution in [-0.4, -0.2) is 18.0 Å². The van der Waals surface area contributed by atoms with Gasteiger partial charge >= 0.3 is 0 Å². The molecule has 0 saturated heterocycles. The monoisotopic (exact) mass is 302 g/mol. The first-order chi connectivity index (χ1) is 10.3. The highest BCUT2D eigenvalue weighted by molar-refractivity contribution is 6.00.